The van der Waals surface area contributed by atoms with Crippen molar-refractivity contribution in [1.29, 1.82) is 0 Å². The zero-order chi connectivity index (χ0) is 21.1. The lowest BCUT2D eigenvalue weighted by Gasteiger charge is -2.36. The molecule has 0 aliphatic carbocycles. The monoisotopic (exact) mass is 423 g/mol. The zero-order valence-electron chi connectivity index (χ0n) is 18.0. The smallest absolute Gasteiger partial charge is 0.236 e. The van der Waals surface area contributed by atoms with Crippen molar-refractivity contribution in [3.8, 4) is 11.1 Å². The number of piperazine rings is 1. The summed E-state index contributed by atoms with van der Waals surface area (Å²) in [6.07, 6.45) is 0. The molecule has 1 saturated heterocycles. The van der Waals surface area contributed by atoms with Crippen LogP contribution < -0.4 is 4.90 Å². The van der Waals surface area contributed by atoms with Crippen molar-refractivity contribution in [3.05, 3.63) is 41.5 Å². The third-order valence-corrected chi connectivity index (χ3v) is 6.63. The van der Waals surface area contributed by atoms with Crippen LogP contribution in [0.25, 0.3) is 21.3 Å². The molecule has 0 radical (unpaired) electrons. The van der Waals surface area contributed by atoms with E-state index in [0.717, 1.165) is 61.1 Å². The van der Waals surface area contributed by atoms with Crippen molar-refractivity contribution in [1.82, 2.24) is 19.8 Å². The molecular formula is C23H29N5OS. The summed E-state index contributed by atoms with van der Waals surface area (Å²) < 4.78 is 0. The molecule has 158 valence electrons. The molecule has 1 amide bonds. The zero-order valence-corrected chi connectivity index (χ0v) is 18.8. The number of carbonyl (C=O) groups is 1. The fraction of sp³-hybridized carbons (Fsp3) is 0.435. The SMILES string of the molecule is CCN(CC)C(=O)CN1CCN(c2nc(C)nc3scc(-c4ccccc4)c23)CC1. The highest BCUT2D eigenvalue weighted by molar-refractivity contribution is 7.17. The van der Waals surface area contributed by atoms with E-state index in [2.05, 4.69) is 44.4 Å². The van der Waals surface area contributed by atoms with Crippen LogP contribution in [-0.4, -0.2) is 71.5 Å². The Morgan fingerprint density at radius 1 is 1.07 bits per heavy atom. The highest BCUT2D eigenvalue weighted by Crippen LogP contribution is 2.38. The minimum atomic E-state index is 0.220. The van der Waals surface area contributed by atoms with E-state index in [1.54, 1.807) is 11.3 Å². The van der Waals surface area contributed by atoms with Gasteiger partial charge < -0.3 is 9.80 Å². The second-order valence-electron chi connectivity index (χ2n) is 7.62. The molecule has 4 rings (SSSR count). The van der Waals surface area contributed by atoms with E-state index < -0.39 is 0 Å². The van der Waals surface area contributed by atoms with Gasteiger partial charge in [-0.2, -0.15) is 0 Å². The lowest BCUT2D eigenvalue weighted by Crippen LogP contribution is -2.50. The number of likely N-dealkylation sites (N-methyl/N-ethyl adjacent to an activating group) is 1. The fourth-order valence-corrected chi connectivity index (χ4v) is 5.06. The predicted octanol–water partition coefficient (Wildman–Crippen LogP) is 3.66. The molecule has 1 fully saturated rings. The summed E-state index contributed by atoms with van der Waals surface area (Å²) in [4.78, 5) is 29.6. The lowest BCUT2D eigenvalue weighted by atomic mass is 10.1. The molecule has 7 heteroatoms. The maximum Gasteiger partial charge on any atom is 0.236 e. The van der Waals surface area contributed by atoms with Crippen LogP contribution >= 0.6 is 11.3 Å². The van der Waals surface area contributed by atoms with E-state index in [9.17, 15) is 4.79 Å². The van der Waals surface area contributed by atoms with Gasteiger partial charge in [-0.3, -0.25) is 9.69 Å². The van der Waals surface area contributed by atoms with Gasteiger partial charge in [0.05, 0.1) is 11.9 Å². The number of amides is 1. The first-order chi connectivity index (χ1) is 14.6. The van der Waals surface area contributed by atoms with Crippen molar-refractivity contribution >= 4 is 33.3 Å². The number of aryl methyl sites for hydroxylation is 1. The first kappa shape index (κ1) is 20.8. The van der Waals surface area contributed by atoms with Gasteiger partial charge in [0.1, 0.15) is 16.5 Å². The molecule has 1 aromatic carbocycles. The Morgan fingerprint density at radius 3 is 2.43 bits per heavy atom. The van der Waals surface area contributed by atoms with Crippen LogP contribution in [-0.2, 0) is 4.79 Å². The highest BCUT2D eigenvalue weighted by Gasteiger charge is 2.24. The van der Waals surface area contributed by atoms with Gasteiger partial charge in [0.2, 0.25) is 5.91 Å². The van der Waals surface area contributed by atoms with Gasteiger partial charge in [0.25, 0.3) is 0 Å². The molecule has 3 aromatic rings. The van der Waals surface area contributed by atoms with Crippen LogP contribution in [0.1, 0.15) is 19.7 Å². The van der Waals surface area contributed by atoms with Gasteiger partial charge in [0, 0.05) is 50.2 Å². The van der Waals surface area contributed by atoms with E-state index in [0.29, 0.717) is 6.54 Å². The molecule has 0 atom stereocenters. The summed E-state index contributed by atoms with van der Waals surface area (Å²) in [6.45, 7) is 11.5. The number of rotatable bonds is 6. The predicted molar refractivity (Wildman–Crippen MR) is 124 cm³/mol. The van der Waals surface area contributed by atoms with Crippen LogP contribution in [0.15, 0.2) is 35.7 Å². The first-order valence-electron chi connectivity index (χ1n) is 10.7. The van der Waals surface area contributed by atoms with Gasteiger partial charge in [-0.05, 0) is 26.3 Å². The second kappa shape index (κ2) is 9.10. The summed E-state index contributed by atoms with van der Waals surface area (Å²) >= 11 is 1.68. The number of aromatic nitrogens is 2. The number of fused-ring (bicyclic) bond motifs is 1. The van der Waals surface area contributed by atoms with Gasteiger partial charge in [-0.15, -0.1) is 11.3 Å². The van der Waals surface area contributed by atoms with Gasteiger partial charge in [-0.25, -0.2) is 9.97 Å². The highest BCUT2D eigenvalue weighted by atomic mass is 32.1. The Kier molecular flexibility index (Phi) is 6.29. The van der Waals surface area contributed by atoms with Crippen molar-refractivity contribution in [2.75, 3.05) is 50.7 Å². The van der Waals surface area contributed by atoms with Gasteiger partial charge >= 0.3 is 0 Å². The van der Waals surface area contributed by atoms with Crippen molar-refractivity contribution in [2.24, 2.45) is 0 Å². The minimum Gasteiger partial charge on any atom is -0.353 e. The Labute approximate surface area is 182 Å². The van der Waals surface area contributed by atoms with Crippen molar-refractivity contribution in [3.63, 3.8) is 0 Å². The van der Waals surface area contributed by atoms with Crippen LogP contribution in [0.3, 0.4) is 0 Å². The molecule has 3 heterocycles. The molecule has 1 aliphatic rings. The maximum atomic E-state index is 12.5. The molecule has 0 spiro atoms. The molecule has 0 saturated carbocycles. The van der Waals surface area contributed by atoms with Crippen LogP contribution in [0, 0.1) is 6.92 Å². The molecule has 2 aromatic heterocycles. The Bertz CT molecular complexity index is 1010. The fourth-order valence-electron chi connectivity index (χ4n) is 4.07. The molecular weight excluding hydrogens is 394 g/mol. The molecule has 30 heavy (non-hydrogen) atoms. The van der Waals surface area contributed by atoms with E-state index in [-0.39, 0.29) is 5.91 Å². The summed E-state index contributed by atoms with van der Waals surface area (Å²) in [6, 6.07) is 10.5. The lowest BCUT2D eigenvalue weighted by molar-refractivity contribution is -0.132. The number of carbonyl (C=O) groups excluding carboxylic acids is 1. The summed E-state index contributed by atoms with van der Waals surface area (Å²) in [7, 11) is 0. The van der Waals surface area contributed by atoms with E-state index in [4.69, 9.17) is 4.98 Å². The number of hydrogen-bond acceptors (Lipinski definition) is 6. The van der Waals surface area contributed by atoms with Crippen LogP contribution in [0.2, 0.25) is 0 Å². The summed E-state index contributed by atoms with van der Waals surface area (Å²) in [5, 5.41) is 3.33. The molecule has 6 nitrogen and oxygen atoms in total. The largest absolute Gasteiger partial charge is 0.353 e. The molecule has 0 unspecified atom stereocenters. The van der Waals surface area contributed by atoms with Crippen molar-refractivity contribution < 1.29 is 4.79 Å². The number of hydrogen-bond donors (Lipinski definition) is 0. The number of thiophene rings is 1. The third-order valence-electron chi connectivity index (χ3n) is 5.76. The first-order valence-corrected chi connectivity index (χ1v) is 11.5. The second-order valence-corrected chi connectivity index (χ2v) is 8.48. The molecule has 0 bridgehead atoms. The van der Waals surface area contributed by atoms with Crippen LogP contribution in [0.4, 0.5) is 5.82 Å². The molecule has 1 aliphatic heterocycles. The molecule has 0 N–H and O–H groups in total. The van der Waals surface area contributed by atoms with E-state index in [1.807, 2.05) is 31.7 Å². The average molecular weight is 424 g/mol. The van der Waals surface area contributed by atoms with Gasteiger partial charge in [-0.1, -0.05) is 30.3 Å². The summed E-state index contributed by atoms with van der Waals surface area (Å²) in [5.74, 6) is 2.04. The quantitative estimate of drug-likeness (QED) is 0.606. The summed E-state index contributed by atoms with van der Waals surface area (Å²) in [5.41, 5.74) is 2.39. The Morgan fingerprint density at radius 2 is 1.77 bits per heavy atom. The van der Waals surface area contributed by atoms with Crippen molar-refractivity contribution in [2.45, 2.75) is 20.8 Å². The number of benzene rings is 1. The Hall–Kier alpha value is -2.51. The van der Waals surface area contributed by atoms with Gasteiger partial charge in [0.15, 0.2) is 0 Å². The van der Waals surface area contributed by atoms with Crippen LogP contribution in [0.5, 0.6) is 0 Å². The minimum absolute atomic E-state index is 0.220. The van der Waals surface area contributed by atoms with E-state index >= 15 is 0 Å². The number of nitrogens with zero attached hydrogens (tertiary/aromatic N) is 5. The average Bonchev–Trinajstić information content (AvgIpc) is 3.19. The number of anilines is 1. The third kappa shape index (κ3) is 4.18. The Balaban J connectivity index is 1.56. The normalized spacial score (nSPS) is 15.0. The topological polar surface area (TPSA) is 52.6 Å². The van der Waals surface area contributed by atoms with E-state index in [1.165, 1.54) is 11.1 Å². The maximum absolute atomic E-state index is 12.5. The standard InChI is InChI=1S/C23H29N5OS/c1-4-27(5-2)20(29)15-26-11-13-28(14-12-26)22-21-19(18-9-7-6-8-10-18)16-30-23(21)25-17(3)24-22/h6-10,16H,4-5,11-15H2,1-3H3.